The van der Waals surface area contributed by atoms with E-state index in [0.717, 1.165) is 32.6 Å². The van der Waals surface area contributed by atoms with Crippen molar-refractivity contribution in [1.29, 1.82) is 0 Å². The zero-order valence-corrected chi connectivity index (χ0v) is 22.9. The number of nitrogens with zero attached hydrogens (tertiary/aromatic N) is 4. The lowest BCUT2D eigenvalue weighted by Crippen LogP contribution is -2.45. The first kappa shape index (κ1) is 27.9. The molecule has 1 aromatic carbocycles. The molecule has 2 fully saturated rings. The first-order valence-corrected chi connectivity index (χ1v) is 13.9. The third-order valence-corrected chi connectivity index (χ3v) is 9.62. The number of rotatable bonds is 10. The monoisotopic (exact) mass is 510 g/mol. The number of hydrogen-bond donors (Lipinski definition) is 0. The van der Waals surface area contributed by atoms with Crippen LogP contribution in [-0.2, 0) is 19.6 Å². The Labute approximate surface area is 211 Å². The first-order chi connectivity index (χ1) is 16.5. The summed E-state index contributed by atoms with van der Waals surface area (Å²) in [6, 6.07) is 4.26. The fraction of sp³-hybridized carbons (Fsp3) is 0.720. The Hall–Kier alpha value is -1.72. The minimum absolute atomic E-state index is 0.0459. The number of benzene rings is 1. The highest BCUT2D eigenvalue weighted by Gasteiger charge is 2.33. The van der Waals surface area contributed by atoms with Crippen LogP contribution in [0.25, 0.3) is 0 Å². The Bertz CT molecular complexity index is 955. The molecule has 198 valence electrons. The van der Waals surface area contributed by atoms with Crippen molar-refractivity contribution < 1.29 is 22.7 Å². The molecule has 0 unspecified atom stereocenters. The Morgan fingerprint density at radius 1 is 1.09 bits per heavy atom. The van der Waals surface area contributed by atoms with Crippen molar-refractivity contribution in [2.24, 2.45) is 0 Å². The molecular weight excluding hydrogens is 468 g/mol. The van der Waals surface area contributed by atoms with E-state index in [4.69, 9.17) is 9.47 Å². The molecule has 2 aliphatic rings. The van der Waals surface area contributed by atoms with E-state index in [0.29, 0.717) is 22.9 Å². The number of ether oxygens (including phenoxy) is 2. The molecule has 2 saturated heterocycles. The smallest absolute Gasteiger partial charge is 0.248 e. The van der Waals surface area contributed by atoms with Crippen molar-refractivity contribution in [2.75, 3.05) is 74.2 Å². The summed E-state index contributed by atoms with van der Waals surface area (Å²) < 4.78 is 38.3. The van der Waals surface area contributed by atoms with Crippen LogP contribution in [0.4, 0.5) is 0 Å². The van der Waals surface area contributed by atoms with Gasteiger partial charge in [0.25, 0.3) is 0 Å². The molecule has 0 radical (unpaired) electrons. The average Bonchev–Trinajstić information content (AvgIpc) is 3.31. The molecule has 0 bridgehead atoms. The predicted molar refractivity (Wildman–Crippen MR) is 136 cm³/mol. The molecular formula is C25H42N4O5S. The normalized spacial score (nSPS) is 20.5. The topological polar surface area (TPSA) is 82.6 Å². The molecule has 0 N–H and O–H groups in total. The fourth-order valence-electron chi connectivity index (χ4n) is 5.15. The molecule has 1 amide bonds. The first-order valence-electron chi connectivity index (χ1n) is 12.4. The highest BCUT2D eigenvalue weighted by Crippen LogP contribution is 2.28. The molecule has 2 aliphatic heterocycles. The number of carbonyl (C=O) groups is 1. The van der Waals surface area contributed by atoms with Crippen LogP contribution in [0.1, 0.15) is 30.4 Å². The SMILES string of the molecule is COc1cc(C)c(S(=O)(=O)N(C)CCOCC(=O)N(C)[C@H]2CCN(C3CCN(C)CC3)C2)c(C)c1. The second-order valence-corrected chi connectivity index (χ2v) is 11.9. The van der Waals surface area contributed by atoms with E-state index in [1.807, 2.05) is 7.05 Å². The fourth-order valence-corrected chi connectivity index (χ4v) is 6.70. The second kappa shape index (κ2) is 12.0. The van der Waals surface area contributed by atoms with Gasteiger partial charge in [0.1, 0.15) is 12.4 Å². The number of amides is 1. The summed E-state index contributed by atoms with van der Waals surface area (Å²) in [7, 11) is 3.43. The van der Waals surface area contributed by atoms with Crippen molar-refractivity contribution in [3.63, 3.8) is 0 Å². The van der Waals surface area contributed by atoms with Crippen LogP contribution in [0.2, 0.25) is 0 Å². The third kappa shape index (κ3) is 6.74. The summed E-state index contributed by atoms with van der Waals surface area (Å²) in [5.41, 5.74) is 1.27. The summed E-state index contributed by atoms with van der Waals surface area (Å²) in [6.45, 7) is 8.01. The van der Waals surface area contributed by atoms with Crippen LogP contribution in [0.3, 0.4) is 0 Å². The molecule has 0 spiro atoms. The van der Waals surface area contributed by atoms with Crippen LogP contribution < -0.4 is 4.74 Å². The molecule has 0 aliphatic carbocycles. The number of aryl methyl sites for hydroxylation is 2. The van der Waals surface area contributed by atoms with Gasteiger partial charge in [-0.25, -0.2) is 8.42 Å². The van der Waals surface area contributed by atoms with Crippen LogP contribution in [0.5, 0.6) is 5.75 Å². The number of likely N-dealkylation sites (tertiary alicyclic amines) is 2. The lowest BCUT2D eigenvalue weighted by atomic mass is 10.0. The van der Waals surface area contributed by atoms with Crippen molar-refractivity contribution in [3.8, 4) is 5.75 Å². The van der Waals surface area contributed by atoms with Gasteiger partial charge in [0.05, 0.1) is 18.6 Å². The summed E-state index contributed by atoms with van der Waals surface area (Å²) in [6.07, 6.45) is 3.36. The number of hydrogen-bond acceptors (Lipinski definition) is 7. The molecule has 3 rings (SSSR count). The molecule has 9 nitrogen and oxygen atoms in total. The molecule has 0 aromatic heterocycles. The number of piperidine rings is 1. The summed E-state index contributed by atoms with van der Waals surface area (Å²) in [5.74, 6) is 0.567. The van der Waals surface area contributed by atoms with Gasteiger partial charge in [-0.05, 0) is 76.5 Å². The minimum Gasteiger partial charge on any atom is -0.497 e. The number of methoxy groups -OCH3 is 1. The van der Waals surface area contributed by atoms with Gasteiger partial charge >= 0.3 is 0 Å². The maximum atomic E-state index is 13.1. The molecule has 35 heavy (non-hydrogen) atoms. The zero-order valence-electron chi connectivity index (χ0n) is 22.1. The summed E-state index contributed by atoms with van der Waals surface area (Å²) in [5, 5.41) is 0. The van der Waals surface area contributed by atoms with Crippen LogP contribution in [0.15, 0.2) is 17.0 Å². The van der Waals surface area contributed by atoms with Crippen molar-refractivity contribution in [2.45, 2.75) is 50.1 Å². The van der Waals surface area contributed by atoms with E-state index in [1.54, 1.807) is 38.0 Å². The molecule has 1 aromatic rings. The molecule has 2 heterocycles. The largest absolute Gasteiger partial charge is 0.497 e. The summed E-state index contributed by atoms with van der Waals surface area (Å²) in [4.78, 5) is 19.7. The van der Waals surface area contributed by atoms with Crippen molar-refractivity contribution in [3.05, 3.63) is 23.3 Å². The quantitative estimate of drug-likeness (QED) is 0.442. The van der Waals surface area contributed by atoms with E-state index in [1.165, 1.54) is 24.2 Å². The third-order valence-electron chi connectivity index (χ3n) is 7.45. The van der Waals surface area contributed by atoms with Gasteiger partial charge in [0.2, 0.25) is 15.9 Å². The van der Waals surface area contributed by atoms with Gasteiger partial charge in [0, 0.05) is 45.8 Å². The van der Waals surface area contributed by atoms with Crippen molar-refractivity contribution in [1.82, 2.24) is 19.0 Å². The van der Waals surface area contributed by atoms with Crippen LogP contribution >= 0.6 is 0 Å². The van der Waals surface area contributed by atoms with E-state index >= 15 is 0 Å². The van der Waals surface area contributed by atoms with Gasteiger partial charge < -0.3 is 19.3 Å². The van der Waals surface area contributed by atoms with Crippen LogP contribution in [-0.4, -0.2) is 120 Å². The molecule has 10 heteroatoms. The van der Waals surface area contributed by atoms with Gasteiger partial charge in [0.15, 0.2) is 0 Å². The van der Waals surface area contributed by atoms with Gasteiger partial charge in [-0.2, -0.15) is 4.31 Å². The zero-order chi connectivity index (χ0) is 25.8. The maximum Gasteiger partial charge on any atom is 0.248 e. The number of carbonyl (C=O) groups excluding carboxylic acids is 1. The molecule has 1 atom stereocenters. The highest BCUT2D eigenvalue weighted by atomic mass is 32.2. The number of likely N-dealkylation sites (N-methyl/N-ethyl adjacent to an activating group) is 2. The van der Waals surface area contributed by atoms with Crippen molar-refractivity contribution >= 4 is 15.9 Å². The lowest BCUT2D eigenvalue weighted by Gasteiger charge is -2.35. The standard InChI is InChI=1S/C25H42N4O5S/c1-19-15-23(33-6)16-20(2)25(19)35(31,32)27(4)13-14-34-18-24(30)28(5)22-9-12-29(17-22)21-7-10-26(3)11-8-21/h15-16,21-22H,7-14,17-18H2,1-6H3/t22-/m0/s1. The maximum absolute atomic E-state index is 13.1. The average molecular weight is 511 g/mol. The second-order valence-electron chi connectivity index (χ2n) is 9.95. The van der Waals surface area contributed by atoms with Crippen LogP contribution in [0, 0.1) is 13.8 Å². The molecule has 0 saturated carbocycles. The van der Waals surface area contributed by atoms with Gasteiger partial charge in [-0.1, -0.05) is 0 Å². The van der Waals surface area contributed by atoms with Gasteiger partial charge in [-0.15, -0.1) is 0 Å². The Morgan fingerprint density at radius 3 is 2.31 bits per heavy atom. The van der Waals surface area contributed by atoms with E-state index in [2.05, 4.69) is 16.8 Å². The van der Waals surface area contributed by atoms with Gasteiger partial charge in [-0.3, -0.25) is 9.69 Å². The highest BCUT2D eigenvalue weighted by molar-refractivity contribution is 7.89. The predicted octanol–water partition coefficient (Wildman–Crippen LogP) is 1.58. The number of sulfonamides is 1. The Kier molecular flexibility index (Phi) is 9.56. The Morgan fingerprint density at radius 2 is 1.71 bits per heavy atom. The lowest BCUT2D eigenvalue weighted by molar-refractivity contribution is -0.136. The van der Waals surface area contributed by atoms with E-state index in [9.17, 15) is 13.2 Å². The van der Waals surface area contributed by atoms with E-state index < -0.39 is 10.0 Å². The summed E-state index contributed by atoms with van der Waals surface area (Å²) >= 11 is 0. The minimum atomic E-state index is -3.68. The Balaban J connectivity index is 1.44. The van der Waals surface area contributed by atoms with E-state index in [-0.39, 0.29) is 36.6 Å².